The molecule has 2 aromatic rings. The van der Waals surface area contributed by atoms with E-state index in [1.807, 2.05) is 6.92 Å². The Morgan fingerprint density at radius 2 is 2.29 bits per heavy atom. The Hall–Kier alpha value is -1.21. The zero-order valence-corrected chi connectivity index (χ0v) is 11.3. The number of rotatable bonds is 5. The Morgan fingerprint density at radius 3 is 3.00 bits per heavy atom. The fraction of sp³-hybridized carbons (Fsp3) is 0.400. The Balaban J connectivity index is 2.17. The highest BCUT2D eigenvalue weighted by atomic mass is 32.2. The molecule has 0 aliphatic carbocycles. The van der Waals surface area contributed by atoms with Gasteiger partial charge in [0.2, 0.25) is 0 Å². The largest absolute Gasteiger partial charge is 0.370 e. The van der Waals surface area contributed by atoms with E-state index >= 15 is 0 Å². The van der Waals surface area contributed by atoms with Gasteiger partial charge in [0.05, 0.1) is 0 Å². The van der Waals surface area contributed by atoms with E-state index in [1.54, 1.807) is 11.8 Å². The van der Waals surface area contributed by atoms with Crippen molar-refractivity contribution in [2.75, 3.05) is 11.9 Å². The first-order valence-corrected chi connectivity index (χ1v) is 7.00. The average Bonchev–Trinajstić information content (AvgIpc) is 2.83. The first kappa shape index (κ1) is 12.3. The van der Waals surface area contributed by atoms with Crippen molar-refractivity contribution in [1.29, 1.82) is 0 Å². The standard InChI is InChI=1S/C10H13N5S2/c1-3-4-11-8-7(2)9(13-5-12-8)17-10-15-14-6-16-10/h5-6H,3-4H2,1-2H3,(H,11,12,13). The summed E-state index contributed by atoms with van der Waals surface area (Å²) in [6.45, 7) is 5.06. The van der Waals surface area contributed by atoms with E-state index in [0.717, 1.165) is 33.7 Å². The highest BCUT2D eigenvalue weighted by Gasteiger charge is 2.09. The molecule has 0 saturated carbocycles. The van der Waals surface area contributed by atoms with Crippen molar-refractivity contribution in [1.82, 2.24) is 20.2 Å². The Labute approximate surface area is 108 Å². The van der Waals surface area contributed by atoms with E-state index < -0.39 is 0 Å². The number of nitrogens with zero attached hydrogens (tertiary/aromatic N) is 4. The zero-order chi connectivity index (χ0) is 12.1. The third kappa shape index (κ3) is 3.13. The van der Waals surface area contributed by atoms with Crippen molar-refractivity contribution in [3.8, 4) is 0 Å². The molecular weight excluding hydrogens is 254 g/mol. The van der Waals surface area contributed by atoms with Gasteiger partial charge in [-0.2, -0.15) is 0 Å². The first-order chi connectivity index (χ1) is 8.31. The van der Waals surface area contributed by atoms with Gasteiger partial charge in [0.1, 0.15) is 22.7 Å². The summed E-state index contributed by atoms with van der Waals surface area (Å²) in [6.07, 6.45) is 2.65. The smallest absolute Gasteiger partial charge is 0.180 e. The second-order valence-electron chi connectivity index (χ2n) is 3.39. The second-order valence-corrected chi connectivity index (χ2v) is 5.46. The van der Waals surface area contributed by atoms with Gasteiger partial charge in [-0.3, -0.25) is 0 Å². The summed E-state index contributed by atoms with van der Waals surface area (Å²) in [5.41, 5.74) is 2.77. The van der Waals surface area contributed by atoms with E-state index in [1.165, 1.54) is 23.1 Å². The molecule has 2 aromatic heterocycles. The van der Waals surface area contributed by atoms with Crippen LogP contribution in [-0.2, 0) is 0 Å². The van der Waals surface area contributed by atoms with Crippen LogP contribution in [0.25, 0.3) is 0 Å². The number of aromatic nitrogens is 4. The van der Waals surface area contributed by atoms with Crippen molar-refractivity contribution in [2.24, 2.45) is 0 Å². The molecule has 0 aliphatic rings. The topological polar surface area (TPSA) is 63.6 Å². The summed E-state index contributed by atoms with van der Waals surface area (Å²) in [7, 11) is 0. The summed E-state index contributed by atoms with van der Waals surface area (Å²) < 4.78 is 0.897. The predicted octanol–water partition coefficient (Wildman–Crippen LogP) is 2.61. The highest BCUT2D eigenvalue weighted by molar-refractivity contribution is 8.01. The summed E-state index contributed by atoms with van der Waals surface area (Å²) in [6, 6.07) is 0. The average molecular weight is 267 g/mol. The summed E-state index contributed by atoms with van der Waals surface area (Å²) in [4.78, 5) is 8.51. The van der Waals surface area contributed by atoms with Crippen molar-refractivity contribution in [3.63, 3.8) is 0 Å². The molecule has 0 atom stereocenters. The van der Waals surface area contributed by atoms with Gasteiger partial charge < -0.3 is 5.32 Å². The Bertz CT molecular complexity index is 472. The van der Waals surface area contributed by atoms with E-state index in [0.29, 0.717) is 0 Å². The van der Waals surface area contributed by atoms with Gasteiger partial charge in [0.15, 0.2) is 4.34 Å². The van der Waals surface area contributed by atoms with Crippen LogP contribution in [0.5, 0.6) is 0 Å². The number of hydrogen-bond donors (Lipinski definition) is 1. The molecule has 0 fully saturated rings. The summed E-state index contributed by atoms with van der Waals surface area (Å²) >= 11 is 3.03. The van der Waals surface area contributed by atoms with E-state index in [-0.39, 0.29) is 0 Å². The lowest BCUT2D eigenvalue weighted by Crippen LogP contribution is -2.05. The predicted molar refractivity (Wildman–Crippen MR) is 69.6 cm³/mol. The molecule has 1 N–H and O–H groups in total. The SMILES string of the molecule is CCCNc1ncnc(Sc2nncs2)c1C. The molecule has 0 aliphatic heterocycles. The lowest BCUT2D eigenvalue weighted by molar-refractivity contribution is 0.936. The van der Waals surface area contributed by atoms with Crippen LogP contribution in [0.4, 0.5) is 5.82 Å². The maximum Gasteiger partial charge on any atom is 0.180 e. The molecule has 0 saturated heterocycles. The molecule has 0 aromatic carbocycles. The lowest BCUT2D eigenvalue weighted by atomic mass is 10.3. The minimum absolute atomic E-state index is 0.897. The van der Waals surface area contributed by atoms with Gasteiger partial charge in [-0.05, 0) is 25.1 Å². The molecule has 0 amide bonds. The Morgan fingerprint density at radius 1 is 1.41 bits per heavy atom. The molecule has 5 nitrogen and oxygen atoms in total. The molecule has 0 unspecified atom stereocenters. The van der Waals surface area contributed by atoms with Crippen LogP contribution in [0.2, 0.25) is 0 Å². The van der Waals surface area contributed by atoms with Crippen LogP contribution in [-0.4, -0.2) is 26.7 Å². The van der Waals surface area contributed by atoms with Gasteiger partial charge in [-0.15, -0.1) is 10.2 Å². The van der Waals surface area contributed by atoms with E-state index in [4.69, 9.17) is 0 Å². The van der Waals surface area contributed by atoms with E-state index in [9.17, 15) is 0 Å². The molecule has 0 spiro atoms. The Kier molecular flexibility index (Phi) is 4.27. The molecule has 17 heavy (non-hydrogen) atoms. The fourth-order valence-electron chi connectivity index (χ4n) is 1.25. The number of nitrogens with one attached hydrogen (secondary N) is 1. The van der Waals surface area contributed by atoms with Crippen LogP contribution >= 0.6 is 23.1 Å². The normalized spacial score (nSPS) is 10.5. The molecule has 0 bridgehead atoms. The van der Waals surface area contributed by atoms with Gasteiger partial charge in [-0.25, -0.2) is 9.97 Å². The summed E-state index contributed by atoms with van der Waals surface area (Å²) in [5, 5.41) is 12.0. The maximum atomic E-state index is 4.27. The minimum atomic E-state index is 0.897. The molecule has 2 rings (SSSR count). The second kappa shape index (κ2) is 5.92. The molecule has 2 heterocycles. The first-order valence-electron chi connectivity index (χ1n) is 5.30. The van der Waals surface area contributed by atoms with Crippen LogP contribution in [0.3, 0.4) is 0 Å². The van der Waals surface area contributed by atoms with Gasteiger partial charge >= 0.3 is 0 Å². The third-order valence-electron chi connectivity index (χ3n) is 2.10. The van der Waals surface area contributed by atoms with Gasteiger partial charge in [-0.1, -0.05) is 18.3 Å². The highest BCUT2D eigenvalue weighted by Crippen LogP contribution is 2.30. The maximum absolute atomic E-state index is 4.27. The van der Waals surface area contributed by atoms with Crippen molar-refractivity contribution < 1.29 is 0 Å². The molecule has 90 valence electrons. The van der Waals surface area contributed by atoms with Gasteiger partial charge in [0.25, 0.3) is 0 Å². The van der Waals surface area contributed by atoms with Crippen molar-refractivity contribution >= 4 is 28.9 Å². The lowest BCUT2D eigenvalue weighted by Gasteiger charge is -2.09. The molecular formula is C10H13N5S2. The summed E-state index contributed by atoms with van der Waals surface area (Å²) in [5.74, 6) is 0.897. The monoisotopic (exact) mass is 267 g/mol. The minimum Gasteiger partial charge on any atom is -0.370 e. The van der Waals surface area contributed by atoms with Crippen LogP contribution in [0, 0.1) is 6.92 Å². The van der Waals surface area contributed by atoms with Crippen molar-refractivity contribution in [3.05, 3.63) is 17.4 Å². The van der Waals surface area contributed by atoms with E-state index in [2.05, 4.69) is 32.4 Å². The number of anilines is 1. The van der Waals surface area contributed by atoms with Crippen LogP contribution in [0.15, 0.2) is 21.2 Å². The van der Waals surface area contributed by atoms with Crippen molar-refractivity contribution in [2.45, 2.75) is 29.6 Å². The fourth-order valence-corrected chi connectivity index (χ4v) is 2.69. The van der Waals surface area contributed by atoms with Crippen LogP contribution < -0.4 is 5.32 Å². The molecule has 7 heteroatoms. The van der Waals surface area contributed by atoms with Gasteiger partial charge in [0, 0.05) is 12.1 Å². The quantitative estimate of drug-likeness (QED) is 0.840. The zero-order valence-electron chi connectivity index (χ0n) is 9.67. The third-order valence-corrected chi connectivity index (χ3v) is 3.99. The van der Waals surface area contributed by atoms with Crippen LogP contribution in [0.1, 0.15) is 18.9 Å². The molecule has 0 radical (unpaired) electrons. The number of hydrogen-bond acceptors (Lipinski definition) is 7.